The fourth-order valence-corrected chi connectivity index (χ4v) is 1.96. The molecule has 1 aromatic rings. The van der Waals surface area contributed by atoms with E-state index < -0.39 is 0 Å². The van der Waals surface area contributed by atoms with E-state index in [0.29, 0.717) is 0 Å². The maximum Gasteiger partial charge on any atom is 0.242 e. The normalized spacial score (nSPS) is 12.1. The van der Waals surface area contributed by atoms with Crippen LogP contribution in [-0.2, 0) is 4.79 Å². The van der Waals surface area contributed by atoms with Crippen LogP contribution in [0.25, 0.3) is 0 Å². The number of amides is 1. The van der Waals surface area contributed by atoms with Crippen molar-refractivity contribution in [2.75, 3.05) is 12.4 Å². The second kappa shape index (κ2) is 6.64. The van der Waals surface area contributed by atoms with E-state index in [-0.39, 0.29) is 18.0 Å². The Hall–Kier alpha value is -1.23. The number of hydrogen-bond acceptors (Lipinski definition) is 3. The predicted octanol–water partition coefficient (Wildman–Crippen LogP) is 2.78. The Labute approximate surface area is 116 Å². The van der Waals surface area contributed by atoms with Crippen LogP contribution in [0.4, 0.5) is 5.69 Å². The zero-order chi connectivity index (χ0) is 13.7. The summed E-state index contributed by atoms with van der Waals surface area (Å²) in [6.45, 7) is 5.70. The summed E-state index contributed by atoms with van der Waals surface area (Å²) in [5.74, 6) is 0.715. The quantitative estimate of drug-likeness (QED) is 0.878. The summed E-state index contributed by atoms with van der Waals surface area (Å²) in [4.78, 5) is 11.8. The summed E-state index contributed by atoms with van der Waals surface area (Å²) in [7, 11) is 1.61. The van der Waals surface area contributed by atoms with Crippen LogP contribution in [0.3, 0.4) is 0 Å². The van der Waals surface area contributed by atoms with Crippen molar-refractivity contribution in [3.8, 4) is 5.75 Å². The van der Waals surface area contributed by atoms with Crippen LogP contribution in [0.5, 0.6) is 5.75 Å². The number of halogens is 1. The van der Waals surface area contributed by atoms with Gasteiger partial charge in [0.25, 0.3) is 0 Å². The highest BCUT2D eigenvalue weighted by Gasteiger charge is 2.13. The van der Waals surface area contributed by atoms with Gasteiger partial charge >= 0.3 is 0 Å². The maximum atomic E-state index is 11.8. The summed E-state index contributed by atoms with van der Waals surface area (Å²) >= 11 is 3.40. The van der Waals surface area contributed by atoms with E-state index in [1.165, 1.54) is 0 Å². The lowest BCUT2D eigenvalue weighted by molar-refractivity contribution is -0.122. The number of carbonyl (C=O) groups is 1. The molecule has 0 aromatic heterocycles. The molecule has 0 aliphatic carbocycles. The van der Waals surface area contributed by atoms with Gasteiger partial charge in [0.1, 0.15) is 11.8 Å². The van der Waals surface area contributed by atoms with Gasteiger partial charge in [0.15, 0.2) is 0 Å². The molecule has 0 heterocycles. The fourth-order valence-electron chi connectivity index (χ4n) is 1.49. The standard InChI is InChI=1S/C13H19BrN2O2/c1-8(2)15-13(17)9(3)16-11-5-10(14)6-12(7-11)18-4/h5-9,16H,1-4H3,(H,15,17). The number of anilines is 1. The SMILES string of the molecule is COc1cc(Br)cc(NC(C)C(=O)NC(C)C)c1. The van der Waals surface area contributed by atoms with Crippen molar-refractivity contribution in [2.45, 2.75) is 32.9 Å². The molecule has 2 N–H and O–H groups in total. The Balaban J connectivity index is 2.72. The number of benzene rings is 1. The molecule has 1 atom stereocenters. The number of ether oxygens (including phenoxy) is 1. The first-order valence-corrected chi connectivity index (χ1v) is 6.63. The van der Waals surface area contributed by atoms with Gasteiger partial charge in [-0.05, 0) is 32.9 Å². The number of hydrogen-bond donors (Lipinski definition) is 2. The highest BCUT2D eigenvalue weighted by molar-refractivity contribution is 9.10. The molecule has 4 nitrogen and oxygen atoms in total. The van der Waals surface area contributed by atoms with Crippen molar-refractivity contribution in [3.05, 3.63) is 22.7 Å². The third kappa shape index (κ3) is 4.56. The van der Waals surface area contributed by atoms with Crippen molar-refractivity contribution < 1.29 is 9.53 Å². The minimum Gasteiger partial charge on any atom is -0.497 e. The third-order valence-corrected chi connectivity index (χ3v) is 2.77. The van der Waals surface area contributed by atoms with Crippen LogP contribution in [0.1, 0.15) is 20.8 Å². The van der Waals surface area contributed by atoms with Crippen molar-refractivity contribution >= 4 is 27.5 Å². The summed E-state index contributed by atoms with van der Waals surface area (Å²) < 4.78 is 6.08. The predicted molar refractivity (Wildman–Crippen MR) is 77.1 cm³/mol. The van der Waals surface area contributed by atoms with Crippen LogP contribution in [0.2, 0.25) is 0 Å². The first-order valence-electron chi connectivity index (χ1n) is 5.84. The van der Waals surface area contributed by atoms with Gasteiger partial charge < -0.3 is 15.4 Å². The first kappa shape index (κ1) is 14.8. The Morgan fingerprint density at radius 2 is 1.94 bits per heavy atom. The van der Waals surface area contributed by atoms with Gasteiger partial charge in [0.05, 0.1) is 7.11 Å². The Morgan fingerprint density at radius 3 is 2.50 bits per heavy atom. The molecule has 1 unspecified atom stereocenters. The maximum absolute atomic E-state index is 11.8. The molecule has 0 bridgehead atoms. The second-order valence-corrected chi connectivity index (χ2v) is 5.32. The van der Waals surface area contributed by atoms with Crippen LogP contribution in [0, 0.1) is 0 Å². The smallest absolute Gasteiger partial charge is 0.242 e. The molecule has 1 amide bonds. The van der Waals surface area contributed by atoms with Gasteiger partial charge in [-0.15, -0.1) is 0 Å². The Kier molecular flexibility index (Phi) is 5.47. The molecule has 0 spiro atoms. The zero-order valence-electron chi connectivity index (χ0n) is 11.1. The topological polar surface area (TPSA) is 50.4 Å². The third-order valence-electron chi connectivity index (χ3n) is 2.31. The van der Waals surface area contributed by atoms with E-state index in [2.05, 4.69) is 26.6 Å². The van der Waals surface area contributed by atoms with E-state index in [4.69, 9.17) is 4.74 Å². The Morgan fingerprint density at radius 1 is 1.28 bits per heavy atom. The van der Waals surface area contributed by atoms with Gasteiger partial charge in [-0.2, -0.15) is 0 Å². The van der Waals surface area contributed by atoms with Crippen molar-refractivity contribution in [1.29, 1.82) is 0 Å². The molecule has 0 saturated heterocycles. The number of carbonyl (C=O) groups excluding carboxylic acids is 1. The average molecular weight is 315 g/mol. The lowest BCUT2D eigenvalue weighted by atomic mass is 10.2. The molecule has 1 rings (SSSR count). The van der Waals surface area contributed by atoms with E-state index in [1.807, 2.05) is 39.0 Å². The number of nitrogens with one attached hydrogen (secondary N) is 2. The summed E-state index contributed by atoms with van der Waals surface area (Å²) in [5, 5.41) is 6.00. The van der Waals surface area contributed by atoms with E-state index in [0.717, 1.165) is 15.9 Å². The highest BCUT2D eigenvalue weighted by Crippen LogP contribution is 2.24. The molecule has 0 saturated carbocycles. The molecule has 0 aliphatic heterocycles. The molecule has 0 fully saturated rings. The van der Waals surface area contributed by atoms with E-state index in [1.54, 1.807) is 7.11 Å². The molecule has 100 valence electrons. The molecule has 5 heteroatoms. The minimum absolute atomic E-state index is 0.0241. The number of methoxy groups -OCH3 is 1. The van der Waals surface area contributed by atoms with Gasteiger partial charge in [0, 0.05) is 22.3 Å². The number of rotatable bonds is 5. The van der Waals surface area contributed by atoms with E-state index in [9.17, 15) is 4.79 Å². The first-order chi connectivity index (χ1) is 8.42. The molecule has 1 aromatic carbocycles. The van der Waals surface area contributed by atoms with Crippen LogP contribution in [0.15, 0.2) is 22.7 Å². The minimum atomic E-state index is -0.300. The largest absolute Gasteiger partial charge is 0.497 e. The zero-order valence-corrected chi connectivity index (χ0v) is 12.7. The molecular weight excluding hydrogens is 296 g/mol. The highest BCUT2D eigenvalue weighted by atomic mass is 79.9. The summed E-state index contributed by atoms with van der Waals surface area (Å²) in [6.07, 6.45) is 0. The molecule has 18 heavy (non-hydrogen) atoms. The van der Waals surface area contributed by atoms with Crippen molar-refractivity contribution in [2.24, 2.45) is 0 Å². The van der Waals surface area contributed by atoms with Crippen molar-refractivity contribution in [1.82, 2.24) is 5.32 Å². The van der Waals surface area contributed by atoms with Gasteiger partial charge in [-0.3, -0.25) is 4.79 Å². The monoisotopic (exact) mass is 314 g/mol. The lowest BCUT2D eigenvalue weighted by Crippen LogP contribution is -2.40. The molecule has 0 radical (unpaired) electrons. The summed E-state index contributed by atoms with van der Waals surface area (Å²) in [5.41, 5.74) is 0.840. The van der Waals surface area contributed by atoms with E-state index >= 15 is 0 Å². The summed E-state index contributed by atoms with van der Waals surface area (Å²) in [6, 6.07) is 5.46. The average Bonchev–Trinajstić information content (AvgIpc) is 2.27. The van der Waals surface area contributed by atoms with Gasteiger partial charge in [-0.25, -0.2) is 0 Å². The molecular formula is C13H19BrN2O2. The van der Waals surface area contributed by atoms with Crippen molar-refractivity contribution in [3.63, 3.8) is 0 Å². The molecule has 0 aliphatic rings. The van der Waals surface area contributed by atoms with Crippen LogP contribution < -0.4 is 15.4 Å². The van der Waals surface area contributed by atoms with Gasteiger partial charge in [-0.1, -0.05) is 15.9 Å². The Bertz CT molecular complexity index is 421. The van der Waals surface area contributed by atoms with Crippen LogP contribution >= 0.6 is 15.9 Å². The fraction of sp³-hybridized carbons (Fsp3) is 0.462. The van der Waals surface area contributed by atoms with Crippen LogP contribution in [-0.4, -0.2) is 25.1 Å². The second-order valence-electron chi connectivity index (χ2n) is 4.41. The van der Waals surface area contributed by atoms with Gasteiger partial charge in [0.2, 0.25) is 5.91 Å². The lowest BCUT2D eigenvalue weighted by Gasteiger charge is -2.17.